The van der Waals surface area contributed by atoms with E-state index in [1.807, 2.05) is 18.4 Å². The van der Waals surface area contributed by atoms with Crippen LogP contribution in [0.3, 0.4) is 0 Å². The molecule has 0 amide bonds. The highest BCUT2D eigenvalue weighted by Crippen LogP contribution is 2.22. The molecule has 0 aromatic carbocycles. The molecule has 1 unspecified atom stereocenters. The van der Waals surface area contributed by atoms with Gasteiger partial charge < -0.3 is 9.30 Å². The standard InChI is InChI=1S/C12H19ClN2O3S/c1-9(2)12-14-11(19(13,16)17)8-15(12)7-10-5-3-4-6-18-10/h8-10H,3-7H2,1-2H3. The van der Waals surface area contributed by atoms with Crippen molar-refractivity contribution in [3.8, 4) is 0 Å². The van der Waals surface area contributed by atoms with Gasteiger partial charge in [0.1, 0.15) is 5.82 Å². The van der Waals surface area contributed by atoms with Crippen LogP contribution >= 0.6 is 10.7 Å². The molecule has 0 aliphatic carbocycles. The molecule has 0 bridgehead atoms. The molecule has 5 nitrogen and oxygen atoms in total. The Morgan fingerprint density at radius 1 is 1.53 bits per heavy atom. The molecule has 1 aliphatic rings. The van der Waals surface area contributed by atoms with E-state index in [0.717, 1.165) is 31.7 Å². The summed E-state index contributed by atoms with van der Waals surface area (Å²) < 4.78 is 30.3. The van der Waals surface area contributed by atoms with Gasteiger partial charge in [-0.2, -0.15) is 0 Å². The lowest BCUT2D eigenvalue weighted by molar-refractivity contribution is 0.00541. The fraction of sp³-hybridized carbons (Fsp3) is 0.750. The van der Waals surface area contributed by atoms with Crippen LogP contribution in [0.25, 0.3) is 0 Å². The van der Waals surface area contributed by atoms with Crippen molar-refractivity contribution in [2.75, 3.05) is 6.61 Å². The molecule has 19 heavy (non-hydrogen) atoms. The van der Waals surface area contributed by atoms with Gasteiger partial charge in [0.2, 0.25) is 0 Å². The van der Waals surface area contributed by atoms with Crippen molar-refractivity contribution in [1.82, 2.24) is 9.55 Å². The number of hydrogen-bond donors (Lipinski definition) is 0. The van der Waals surface area contributed by atoms with Crippen molar-refractivity contribution >= 4 is 19.7 Å². The van der Waals surface area contributed by atoms with Crippen molar-refractivity contribution < 1.29 is 13.2 Å². The first kappa shape index (κ1) is 14.8. The third-order valence-electron chi connectivity index (χ3n) is 3.23. The fourth-order valence-corrected chi connectivity index (χ4v) is 2.98. The molecule has 0 saturated carbocycles. The van der Waals surface area contributed by atoms with Gasteiger partial charge in [-0.25, -0.2) is 13.4 Å². The average molecular weight is 307 g/mol. The number of hydrogen-bond acceptors (Lipinski definition) is 4. The van der Waals surface area contributed by atoms with Crippen molar-refractivity contribution in [3.05, 3.63) is 12.0 Å². The zero-order valence-electron chi connectivity index (χ0n) is 11.2. The molecule has 1 fully saturated rings. The Morgan fingerprint density at radius 2 is 2.26 bits per heavy atom. The zero-order valence-corrected chi connectivity index (χ0v) is 12.7. The second kappa shape index (κ2) is 5.81. The highest BCUT2D eigenvalue weighted by atomic mass is 35.7. The first-order valence-electron chi connectivity index (χ1n) is 6.51. The SMILES string of the molecule is CC(C)c1nc(S(=O)(=O)Cl)cn1CC1CCCCO1. The number of ether oxygens (including phenoxy) is 1. The van der Waals surface area contributed by atoms with E-state index < -0.39 is 9.05 Å². The van der Waals surface area contributed by atoms with Gasteiger partial charge in [-0.1, -0.05) is 13.8 Å². The highest BCUT2D eigenvalue weighted by Gasteiger charge is 2.22. The summed E-state index contributed by atoms with van der Waals surface area (Å²) in [6.07, 6.45) is 4.88. The minimum Gasteiger partial charge on any atom is -0.376 e. The molecular formula is C12H19ClN2O3S. The van der Waals surface area contributed by atoms with E-state index in [9.17, 15) is 8.42 Å². The van der Waals surface area contributed by atoms with Gasteiger partial charge in [-0.05, 0) is 19.3 Å². The number of aromatic nitrogens is 2. The van der Waals surface area contributed by atoms with Crippen LogP contribution in [0.2, 0.25) is 0 Å². The molecule has 1 atom stereocenters. The minimum absolute atomic E-state index is 0.0753. The van der Waals surface area contributed by atoms with Gasteiger partial charge in [-0.15, -0.1) is 0 Å². The van der Waals surface area contributed by atoms with Crippen LogP contribution < -0.4 is 0 Å². The smallest absolute Gasteiger partial charge is 0.280 e. The summed E-state index contributed by atoms with van der Waals surface area (Å²) in [5.74, 6) is 0.865. The molecule has 0 N–H and O–H groups in total. The lowest BCUT2D eigenvalue weighted by Crippen LogP contribution is -2.25. The molecule has 0 spiro atoms. The van der Waals surface area contributed by atoms with Crippen LogP contribution in [0.15, 0.2) is 11.2 Å². The van der Waals surface area contributed by atoms with E-state index >= 15 is 0 Å². The second-order valence-corrected chi connectivity index (χ2v) is 7.68. The molecule has 7 heteroatoms. The predicted molar refractivity (Wildman–Crippen MR) is 72.9 cm³/mol. The normalized spacial score (nSPS) is 20.9. The van der Waals surface area contributed by atoms with E-state index in [1.165, 1.54) is 6.20 Å². The highest BCUT2D eigenvalue weighted by molar-refractivity contribution is 8.13. The van der Waals surface area contributed by atoms with Crippen molar-refractivity contribution in [1.29, 1.82) is 0 Å². The number of rotatable bonds is 4. The average Bonchev–Trinajstić information content (AvgIpc) is 2.74. The molecule has 2 heterocycles. The molecule has 1 aliphatic heterocycles. The summed E-state index contributed by atoms with van der Waals surface area (Å²) >= 11 is 0. The van der Waals surface area contributed by atoms with Gasteiger partial charge >= 0.3 is 0 Å². The van der Waals surface area contributed by atoms with Crippen LogP contribution in [0.5, 0.6) is 0 Å². The summed E-state index contributed by atoms with van der Waals surface area (Å²) in [6.45, 7) is 5.36. The van der Waals surface area contributed by atoms with E-state index in [1.54, 1.807) is 0 Å². The van der Waals surface area contributed by atoms with E-state index in [2.05, 4.69) is 4.98 Å². The third kappa shape index (κ3) is 3.70. The summed E-state index contributed by atoms with van der Waals surface area (Å²) in [6, 6.07) is 0. The zero-order chi connectivity index (χ0) is 14.0. The Hall–Kier alpha value is -0.590. The topological polar surface area (TPSA) is 61.2 Å². The monoisotopic (exact) mass is 306 g/mol. The number of imidazole rings is 1. The van der Waals surface area contributed by atoms with Crippen molar-refractivity contribution in [3.63, 3.8) is 0 Å². The van der Waals surface area contributed by atoms with E-state index in [0.29, 0.717) is 6.54 Å². The summed E-state index contributed by atoms with van der Waals surface area (Å²) in [7, 11) is 1.58. The minimum atomic E-state index is -3.78. The van der Waals surface area contributed by atoms with Crippen LogP contribution in [0.4, 0.5) is 0 Å². The maximum absolute atomic E-state index is 11.4. The molecular weight excluding hydrogens is 288 g/mol. The summed E-state index contributed by atoms with van der Waals surface area (Å²) in [5.41, 5.74) is 0. The molecule has 1 aromatic rings. The first-order valence-corrected chi connectivity index (χ1v) is 8.82. The Kier molecular flexibility index (Phi) is 4.53. The molecule has 2 rings (SSSR count). The van der Waals surface area contributed by atoms with Crippen LogP contribution in [0, 0.1) is 0 Å². The third-order valence-corrected chi connectivity index (χ3v) is 4.40. The molecule has 0 radical (unpaired) electrons. The van der Waals surface area contributed by atoms with Gasteiger partial charge in [0.15, 0.2) is 5.03 Å². The van der Waals surface area contributed by atoms with Gasteiger partial charge in [0, 0.05) is 29.4 Å². The summed E-state index contributed by atoms with van der Waals surface area (Å²) in [4.78, 5) is 4.13. The Balaban J connectivity index is 2.24. The van der Waals surface area contributed by atoms with E-state index in [4.69, 9.17) is 15.4 Å². The van der Waals surface area contributed by atoms with Crippen molar-refractivity contribution in [2.45, 2.75) is 56.7 Å². The largest absolute Gasteiger partial charge is 0.376 e. The van der Waals surface area contributed by atoms with Crippen LogP contribution in [0.1, 0.15) is 44.9 Å². The quantitative estimate of drug-likeness (QED) is 0.802. The summed E-state index contributed by atoms with van der Waals surface area (Å²) in [5, 5.41) is -0.0753. The molecule has 108 valence electrons. The molecule has 1 aromatic heterocycles. The van der Waals surface area contributed by atoms with Gasteiger partial charge in [0.25, 0.3) is 9.05 Å². The first-order chi connectivity index (χ1) is 8.88. The lowest BCUT2D eigenvalue weighted by atomic mass is 10.1. The maximum atomic E-state index is 11.4. The predicted octanol–water partition coefficient (Wildman–Crippen LogP) is 2.50. The lowest BCUT2D eigenvalue weighted by Gasteiger charge is -2.24. The number of halogens is 1. The molecule has 1 saturated heterocycles. The van der Waals surface area contributed by atoms with Gasteiger partial charge in [-0.3, -0.25) is 0 Å². The van der Waals surface area contributed by atoms with Crippen LogP contribution in [-0.4, -0.2) is 30.7 Å². The van der Waals surface area contributed by atoms with Crippen molar-refractivity contribution in [2.24, 2.45) is 0 Å². The maximum Gasteiger partial charge on any atom is 0.280 e. The number of nitrogens with zero attached hydrogens (tertiary/aromatic N) is 2. The Bertz CT molecular complexity index is 533. The van der Waals surface area contributed by atoms with Gasteiger partial charge in [0.05, 0.1) is 12.6 Å². The van der Waals surface area contributed by atoms with E-state index in [-0.39, 0.29) is 17.0 Å². The Labute approximate surface area is 118 Å². The second-order valence-electron chi connectivity index (χ2n) is 5.17. The fourth-order valence-electron chi connectivity index (χ4n) is 2.30. The Morgan fingerprint density at radius 3 is 2.79 bits per heavy atom. The van der Waals surface area contributed by atoms with Crippen LogP contribution in [-0.2, 0) is 20.3 Å².